The van der Waals surface area contributed by atoms with Crippen LogP contribution in [0.5, 0.6) is 5.75 Å². The lowest BCUT2D eigenvalue weighted by Crippen LogP contribution is -2.40. The smallest absolute Gasteiger partial charge is 0.119 e. The maximum absolute atomic E-state index is 6.07. The molecule has 102 valence electrons. The fraction of sp³-hybridized carbons (Fsp3) is 0.600. The maximum Gasteiger partial charge on any atom is 0.119 e. The largest absolute Gasteiger partial charge is 0.492 e. The first kappa shape index (κ1) is 15.3. The van der Waals surface area contributed by atoms with E-state index in [2.05, 4.69) is 33.0 Å². The Hall–Kier alpha value is -0.730. The normalized spacial score (nSPS) is 11.6. The van der Waals surface area contributed by atoms with Gasteiger partial charge in [-0.3, -0.25) is 0 Å². The molecule has 0 aromatic heterocycles. The van der Waals surface area contributed by atoms with Gasteiger partial charge in [0.05, 0.1) is 0 Å². The Bertz CT molecular complexity index is 377. The Morgan fingerprint density at radius 1 is 1.28 bits per heavy atom. The molecule has 1 N–H and O–H groups in total. The van der Waals surface area contributed by atoms with Crippen LogP contribution in [-0.4, -0.2) is 18.7 Å². The van der Waals surface area contributed by atoms with Gasteiger partial charge in [-0.15, -0.1) is 0 Å². The van der Waals surface area contributed by atoms with Gasteiger partial charge in [-0.2, -0.15) is 0 Å². The molecule has 0 fully saturated rings. The molecule has 18 heavy (non-hydrogen) atoms. The first-order chi connectivity index (χ1) is 8.48. The molecule has 1 aromatic rings. The standard InChI is InChI=1S/C15H24ClNO/c1-5-12-11-13(7-8-14(12)16)18-10-9-17-15(3,4)6-2/h7-8,11,17H,5-6,9-10H2,1-4H3. The van der Waals surface area contributed by atoms with Crippen molar-refractivity contribution >= 4 is 11.6 Å². The zero-order chi connectivity index (χ0) is 13.6. The van der Waals surface area contributed by atoms with Crippen molar-refractivity contribution in [2.75, 3.05) is 13.2 Å². The summed E-state index contributed by atoms with van der Waals surface area (Å²) in [6.07, 6.45) is 2.03. The summed E-state index contributed by atoms with van der Waals surface area (Å²) < 4.78 is 5.72. The van der Waals surface area contributed by atoms with Gasteiger partial charge in [0.2, 0.25) is 0 Å². The third kappa shape index (κ3) is 4.87. The highest BCUT2D eigenvalue weighted by molar-refractivity contribution is 6.31. The Labute approximate surface area is 116 Å². The van der Waals surface area contributed by atoms with Crippen molar-refractivity contribution in [1.29, 1.82) is 0 Å². The zero-order valence-electron chi connectivity index (χ0n) is 11.8. The summed E-state index contributed by atoms with van der Waals surface area (Å²) in [4.78, 5) is 0. The molecule has 0 unspecified atom stereocenters. The Kier molecular flexibility index (Phi) is 5.97. The lowest BCUT2D eigenvalue weighted by Gasteiger charge is -2.24. The van der Waals surface area contributed by atoms with Gasteiger partial charge < -0.3 is 10.1 Å². The molecule has 0 aliphatic heterocycles. The molecule has 0 saturated carbocycles. The van der Waals surface area contributed by atoms with Crippen molar-refractivity contribution in [3.63, 3.8) is 0 Å². The second-order valence-corrected chi connectivity index (χ2v) is 5.53. The summed E-state index contributed by atoms with van der Waals surface area (Å²) in [5.74, 6) is 0.896. The monoisotopic (exact) mass is 269 g/mol. The van der Waals surface area contributed by atoms with E-state index in [0.29, 0.717) is 6.61 Å². The van der Waals surface area contributed by atoms with Crippen molar-refractivity contribution in [2.45, 2.75) is 46.1 Å². The van der Waals surface area contributed by atoms with Gasteiger partial charge in [0.15, 0.2) is 0 Å². The van der Waals surface area contributed by atoms with E-state index in [-0.39, 0.29) is 5.54 Å². The van der Waals surface area contributed by atoms with Crippen LogP contribution in [0.4, 0.5) is 0 Å². The Morgan fingerprint density at radius 3 is 2.61 bits per heavy atom. The summed E-state index contributed by atoms with van der Waals surface area (Å²) in [7, 11) is 0. The van der Waals surface area contributed by atoms with E-state index in [0.717, 1.165) is 35.7 Å². The highest BCUT2D eigenvalue weighted by Gasteiger charge is 2.12. The Morgan fingerprint density at radius 2 is 2.00 bits per heavy atom. The van der Waals surface area contributed by atoms with Gasteiger partial charge in [-0.1, -0.05) is 25.4 Å². The molecule has 0 bridgehead atoms. The minimum Gasteiger partial charge on any atom is -0.492 e. The minimum atomic E-state index is 0.179. The van der Waals surface area contributed by atoms with Crippen molar-refractivity contribution < 1.29 is 4.74 Å². The topological polar surface area (TPSA) is 21.3 Å². The SMILES string of the molecule is CCc1cc(OCCNC(C)(C)CC)ccc1Cl. The molecule has 0 spiro atoms. The van der Waals surface area contributed by atoms with Crippen molar-refractivity contribution in [3.05, 3.63) is 28.8 Å². The summed E-state index contributed by atoms with van der Waals surface area (Å²) >= 11 is 6.07. The molecule has 0 amide bonds. The predicted molar refractivity (Wildman–Crippen MR) is 78.7 cm³/mol. The molecule has 0 radical (unpaired) electrons. The summed E-state index contributed by atoms with van der Waals surface area (Å²) in [5, 5.41) is 4.28. The van der Waals surface area contributed by atoms with E-state index in [4.69, 9.17) is 16.3 Å². The molecule has 0 heterocycles. The average molecular weight is 270 g/mol. The fourth-order valence-corrected chi connectivity index (χ4v) is 1.85. The molecular formula is C15H24ClNO. The van der Waals surface area contributed by atoms with Gasteiger partial charge in [-0.05, 0) is 50.5 Å². The van der Waals surface area contributed by atoms with E-state index in [9.17, 15) is 0 Å². The summed E-state index contributed by atoms with van der Waals surface area (Å²) in [5.41, 5.74) is 1.31. The Balaban J connectivity index is 2.40. The third-order valence-electron chi connectivity index (χ3n) is 3.26. The van der Waals surface area contributed by atoms with Crippen LogP contribution in [-0.2, 0) is 6.42 Å². The molecule has 1 rings (SSSR count). The van der Waals surface area contributed by atoms with Crippen molar-refractivity contribution in [3.8, 4) is 5.75 Å². The van der Waals surface area contributed by atoms with Gasteiger partial charge in [0.1, 0.15) is 12.4 Å². The van der Waals surface area contributed by atoms with E-state index in [1.807, 2.05) is 18.2 Å². The molecule has 0 aliphatic rings. The van der Waals surface area contributed by atoms with Crippen LogP contribution >= 0.6 is 11.6 Å². The van der Waals surface area contributed by atoms with Crippen LogP contribution in [0.15, 0.2) is 18.2 Å². The number of benzene rings is 1. The molecule has 0 atom stereocenters. The second kappa shape index (κ2) is 7.01. The zero-order valence-corrected chi connectivity index (χ0v) is 12.6. The number of aryl methyl sites for hydroxylation is 1. The lowest BCUT2D eigenvalue weighted by molar-refractivity contribution is 0.280. The quantitative estimate of drug-likeness (QED) is 0.754. The summed E-state index contributed by atoms with van der Waals surface area (Å²) in [6.45, 7) is 10.2. The van der Waals surface area contributed by atoms with Crippen LogP contribution in [0.1, 0.15) is 39.7 Å². The van der Waals surface area contributed by atoms with Crippen LogP contribution in [0.2, 0.25) is 5.02 Å². The predicted octanol–water partition coefficient (Wildman–Crippen LogP) is 4.06. The first-order valence-corrected chi connectivity index (χ1v) is 7.02. The van der Waals surface area contributed by atoms with Crippen molar-refractivity contribution in [2.24, 2.45) is 0 Å². The number of hydrogen-bond donors (Lipinski definition) is 1. The van der Waals surface area contributed by atoms with E-state index < -0.39 is 0 Å². The van der Waals surface area contributed by atoms with Gasteiger partial charge in [-0.25, -0.2) is 0 Å². The molecule has 2 nitrogen and oxygen atoms in total. The van der Waals surface area contributed by atoms with Crippen LogP contribution in [0, 0.1) is 0 Å². The molecule has 0 aliphatic carbocycles. The number of nitrogens with one attached hydrogen (secondary N) is 1. The highest BCUT2D eigenvalue weighted by atomic mass is 35.5. The van der Waals surface area contributed by atoms with E-state index >= 15 is 0 Å². The van der Waals surface area contributed by atoms with Gasteiger partial charge >= 0.3 is 0 Å². The molecular weight excluding hydrogens is 246 g/mol. The molecule has 1 aromatic carbocycles. The van der Waals surface area contributed by atoms with Gasteiger partial charge in [0.25, 0.3) is 0 Å². The fourth-order valence-electron chi connectivity index (χ4n) is 1.60. The van der Waals surface area contributed by atoms with Crippen LogP contribution < -0.4 is 10.1 Å². The van der Waals surface area contributed by atoms with E-state index in [1.54, 1.807) is 0 Å². The van der Waals surface area contributed by atoms with Crippen LogP contribution in [0.25, 0.3) is 0 Å². The number of halogens is 1. The molecule has 3 heteroatoms. The number of hydrogen-bond acceptors (Lipinski definition) is 2. The van der Waals surface area contributed by atoms with Crippen LogP contribution in [0.3, 0.4) is 0 Å². The number of ether oxygens (including phenoxy) is 1. The van der Waals surface area contributed by atoms with E-state index in [1.165, 1.54) is 0 Å². The second-order valence-electron chi connectivity index (χ2n) is 5.12. The number of rotatable bonds is 7. The van der Waals surface area contributed by atoms with Gasteiger partial charge in [0, 0.05) is 17.1 Å². The highest BCUT2D eigenvalue weighted by Crippen LogP contribution is 2.22. The first-order valence-electron chi connectivity index (χ1n) is 6.64. The van der Waals surface area contributed by atoms with Crippen molar-refractivity contribution in [1.82, 2.24) is 5.32 Å². The average Bonchev–Trinajstić information content (AvgIpc) is 2.36. The third-order valence-corrected chi connectivity index (χ3v) is 3.63. The summed E-state index contributed by atoms with van der Waals surface area (Å²) in [6, 6.07) is 5.85. The lowest BCUT2D eigenvalue weighted by atomic mass is 10.0. The molecule has 0 saturated heterocycles. The maximum atomic E-state index is 6.07. The minimum absolute atomic E-state index is 0.179.